The smallest absolute Gasteiger partial charge is 0.224 e. The van der Waals surface area contributed by atoms with Crippen molar-refractivity contribution in [2.24, 2.45) is 5.92 Å². The van der Waals surface area contributed by atoms with Gasteiger partial charge in [-0.2, -0.15) is 0 Å². The summed E-state index contributed by atoms with van der Waals surface area (Å²) in [5.74, 6) is -0.547. The third-order valence-electron chi connectivity index (χ3n) is 3.43. The molecule has 0 bridgehead atoms. The van der Waals surface area contributed by atoms with Gasteiger partial charge in [-0.15, -0.1) is 0 Å². The Morgan fingerprint density at radius 2 is 2.05 bits per heavy atom. The minimum Gasteiger partial charge on any atom is -0.504 e. The molecule has 0 radical (unpaired) electrons. The number of carbonyl (C=O) groups excluding carboxylic acids is 2. The van der Waals surface area contributed by atoms with Crippen molar-refractivity contribution < 1.29 is 14.7 Å². The van der Waals surface area contributed by atoms with Gasteiger partial charge in [0.15, 0.2) is 5.75 Å². The van der Waals surface area contributed by atoms with Gasteiger partial charge in [0, 0.05) is 25.1 Å². The molecule has 1 unspecified atom stereocenters. The second kappa shape index (κ2) is 6.88. The highest BCUT2D eigenvalue weighted by Gasteiger charge is 2.20. The highest BCUT2D eigenvalue weighted by molar-refractivity contribution is 5.91. The maximum atomic E-state index is 12.0. The number of amides is 2. The third-order valence-corrected chi connectivity index (χ3v) is 3.43. The molecule has 0 spiro atoms. The van der Waals surface area contributed by atoms with Gasteiger partial charge in [0.25, 0.3) is 0 Å². The molecule has 0 aromatic heterocycles. The number of hydrogen-bond donors (Lipinski definition) is 3. The molecule has 1 aliphatic heterocycles. The summed E-state index contributed by atoms with van der Waals surface area (Å²) in [6.45, 7) is 0.664. The minimum absolute atomic E-state index is 0.0164. The molecule has 112 valence electrons. The Hall–Kier alpha value is -2.37. The van der Waals surface area contributed by atoms with E-state index in [2.05, 4.69) is 10.6 Å². The van der Waals surface area contributed by atoms with Gasteiger partial charge in [-0.1, -0.05) is 0 Å². The second-order valence-electron chi connectivity index (χ2n) is 5.19. The standard InChI is InChI=1S/C15H18N2O4/c18-12-5-3-11(4-6-13(12)19)17-15(21)9-10-2-1-7-16-14(20)8-10/h3-6,10H,1-2,7-9H2,(H,16,20)(H,17,21)(H,18,19). The van der Waals surface area contributed by atoms with Crippen molar-refractivity contribution in [3.8, 4) is 5.75 Å². The van der Waals surface area contributed by atoms with Crippen LogP contribution in [0.4, 0.5) is 5.69 Å². The van der Waals surface area contributed by atoms with Gasteiger partial charge >= 0.3 is 0 Å². The van der Waals surface area contributed by atoms with Crippen LogP contribution in [0.5, 0.6) is 5.75 Å². The first-order valence-electron chi connectivity index (χ1n) is 6.94. The van der Waals surface area contributed by atoms with Crippen LogP contribution in [0, 0.1) is 5.92 Å². The molecule has 1 heterocycles. The predicted octanol–water partition coefficient (Wildman–Crippen LogP) is 0.997. The van der Waals surface area contributed by atoms with Gasteiger partial charge in [0.1, 0.15) is 0 Å². The zero-order chi connectivity index (χ0) is 15.2. The van der Waals surface area contributed by atoms with Crippen LogP contribution in [0.2, 0.25) is 0 Å². The van der Waals surface area contributed by atoms with E-state index >= 15 is 0 Å². The molecule has 0 saturated carbocycles. The van der Waals surface area contributed by atoms with Crippen LogP contribution in [0.15, 0.2) is 29.1 Å². The fourth-order valence-electron chi connectivity index (χ4n) is 2.34. The van der Waals surface area contributed by atoms with Crippen molar-refractivity contribution in [1.82, 2.24) is 5.32 Å². The molecule has 1 aliphatic rings. The van der Waals surface area contributed by atoms with E-state index in [0.29, 0.717) is 18.7 Å². The molecule has 2 amide bonds. The van der Waals surface area contributed by atoms with Gasteiger partial charge in [0.05, 0.1) is 0 Å². The Balaban J connectivity index is 1.97. The van der Waals surface area contributed by atoms with E-state index < -0.39 is 5.43 Å². The lowest BCUT2D eigenvalue weighted by molar-refractivity contribution is -0.122. The average Bonchev–Trinajstić information content (AvgIpc) is 2.72. The molecule has 1 saturated heterocycles. The first-order chi connectivity index (χ1) is 10.0. The van der Waals surface area contributed by atoms with Gasteiger partial charge in [-0.3, -0.25) is 14.4 Å². The molecule has 1 aromatic rings. The van der Waals surface area contributed by atoms with Gasteiger partial charge in [-0.25, -0.2) is 0 Å². The average molecular weight is 290 g/mol. The van der Waals surface area contributed by atoms with Crippen molar-refractivity contribution in [2.75, 3.05) is 11.9 Å². The summed E-state index contributed by atoms with van der Waals surface area (Å²) in [6.07, 6.45) is 2.33. The van der Waals surface area contributed by atoms with E-state index in [0.717, 1.165) is 12.8 Å². The number of hydrogen-bond acceptors (Lipinski definition) is 4. The summed E-state index contributed by atoms with van der Waals surface area (Å²) in [5.41, 5.74) is -0.0635. The maximum absolute atomic E-state index is 12.0. The highest BCUT2D eigenvalue weighted by atomic mass is 16.3. The van der Waals surface area contributed by atoms with Crippen molar-refractivity contribution >= 4 is 17.5 Å². The quantitative estimate of drug-likeness (QED) is 0.773. The number of carbonyl (C=O) groups is 2. The fourth-order valence-corrected chi connectivity index (χ4v) is 2.34. The van der Waals surface area contributed by atoms with Crippen LogP contribution in [0.25, 0.3) is 0 Å². The third kappa shape index (κ3) is 4.59. The van der Waals surface area contributed by atoms with E-state index in [1.54, 1.807) is 0 Å². The normalized spacial score (nSPS) is 18.5. The first-order valence-corrected chi connectivity index (χ1v) is 6.94. The Bertz CT molecular complexity index is 600. The summed E-state index contributed by atoms with van der Waals surface area (Å²) >= 11 is 0. The lowest BCUT2D eigenvalue weighted by atomic mass is 9.96. The number of nitrogens with one attached hydrogen (secondary N) is 2. The van der Waals surface area contributed by atoms with E-state index in [4.69, 9.17) is 0 Å². The van der Waals surface area contributed by atoms with E-state index in [1.165, 1.54) is 24.3 Å². The van der Waals surface area contributed by atoms with Crippen LogP contribution in [-0.2, 0) is 9.59 Å². The Morgan fingerprint density at radius 3 is 2.86 bits per heavy atom. The minimum atomic E-state index is -0.504. The molecule has 1 atom stereocenters. The molecule has 1 fully saturated rings. The van der Waals surface area contributed by atoms with Crippen LogP contribution >= 0.6 is 0 Å². The predicted molar refractivity (Wildman–Crippen MR) is 78.0 cm³/mol. The molecular weight excluding hydrogens is 272 g/mol. The van der Waals surface area contributed by atoms with Crippen molar-refractivity contribution in [1.29, 1.82) is 0 Å². The summed E-state index contributed by atoms with van der Waals surface area (Å²) in [7, 11) is 0. The van der Waals surface area contributed by atoms with Crippen LogP contribution < -0.4 is 16.1 Å². The molecule has 1 aromatic carbocycles. The SMILES string of the molecule is O=C1CC(CC(=O)Nc2ccc(O)c(=O)cc2)CCCN1. The topological polar surface area (TPSA) is 95.5 Å². The fraction of sp³-hybridized carbons (Fsp3) is 0.400. The van der Waals surface area contributed by atoms with E-state index in [1.807, 2.05) is 0 Å². The lowest BCUT2D eigenvalue weighted by Gasteiger charge is -2.12. The maximum Gasteiger partial charge on any atom is 0.224 e. The molecular formula is C15H18N2O4. The summed E-state index contributed by atoms with van der Waals surface area (Å²) in [5, 5.41) is 14.7. The second-order valence-corrected chi connectivity index (χ2v) is 5.19. The van der Waals surface area contributed by atoms with Crippen molar-refractivity contribution in [3.05, 3.63) is 34.5 Å². The largest absolute Gasteiger partial charge is 0.504 e. The van der Waals surface area contributed by atoms with Gasteiger partial charge < -0.3 is 15.7 Å². The number of aromatic hydroxyl groups is 1. The Morgan fingerprint density at radius 1 is 1.29 bits per heavy atom. The van der Waals surface area contributed by atoms with Crippen LogP contribution in [0.3, 0.4) is 0 Å². The van der Waals surface area contributed by atoms with E-state index in [9.17, 15) is 19.5 Å². The monoisotopic (exact) mass is 290 g/mol. The summed E-state index contributed by atoms with van der Waals surface area (Å²) in [4.78, 5) is 34.7. The molecule has 0 aliphatic carbocycles. The lowest BCUT2D eigenvalue weighted by Crippen LogP contribution is -2.23. The highest BCUT2D eigenvalue weighted by Crippen LogP contribution is 2.19. The van der Waals surface area contributed by atoms with Gasteiger partial charge in [0.2, 0.25) is 17.2 Å². The summed E-state index contributed by atoms with van der Waals surface area (Å²) < 4.78 is 0. The Kier molecular flexibility index (Phi) is 4.92. The molecule has 6 nitrogen and oxygen atoms in total. The van der Waals surface area contributed by atoms with Gasteiger partial charge in [-0.05, 0) is 43.0 Å². The van der Waals surface area contributed by atoms with E-state index in [-0.39, 0.29) is 29.9 Å². The summed E-state index contributed by atoms with van der Waals surface area (Å²) in [6, 6.07) is 5.36. The van der Waals surface area contributed by atoms with Crippen LogP contribution in [0.1, 0.15) is 25.7 Å². The van der Waals surface area contributed by atoms with Crippen molar-refractivity contribution in [2.45, 2.75) is 25.7 Å². The Labute approximate surface area is 122 Å². The molecule has 2 rings (SSSR count). The van der Waals surface area contributed by atoms with Crippen LogP contribution in [-0.4, -0.2) is 23.5 Å². The zero-order valence-electron chi connectivity index (χ0n) is 11.6. The number of anilines is 1. The first kappa shape index (κ1) is 15.0. The number of rotatable bonds is 3. The molecule has 6 heteroatoms. The zero-order valence-corrected chi connectivity index (χ0v) is 11.6. The molecule has 21 heavy (non-hydrogen) atoms. The molecule has 3 N–H and O–H groups in total. The van der Waals surface area contributed by atoms with Crippen molar-refractivity contribution in [3.63, 3.8) is 0 Å².